The van der Waals surface area contributed by atoms with E-state index in [1.807, 2.05) is 17.5 Å². The number of hydrogen-bond acceptors (Lipinski definition) is 6. The lowest BCUT2D eigenvalue weighted by atomic mass is 10.3. The predicted molar refractivity (Wildman–Crippen MR) is 101 cm³/mol. The molecule has 11 heteroatoms. The van der Waals surface area contributed by atoms with Gasteiger partial charge in [0.1, 0.15) is 11.6 Å². The number of nitrogens with one attached hydrogen (secondary N) is 2. The summed E-state index contributed by atoms with van der Waals surface area (Å²) in [7, 11) is 0. The van der Waals surface area contributed by atoms with Gasteiger partial charge in [0, 0.05) is 17.0 Å². The highest BCUT2D eigenvalue weighted by atomic mass is 35.5. The molecule has 0 spiro atoms. The van der Waals surface area contributed by atoms with Gasteiger partial charge in [-0.2, -0.15) is 8.78 Å². The van der Waals surface area contributed by atoms with Gasteiger partial charge >= 0.3 is 6.61 Å². The van der Waals surface area contributed by atoms with Crippen LogP contribution in [0.4, 0.5) is 14.5 Å². The Bertz CT molecular complexity index is 906. The number of ether oxygens (including phenoxy) is 1. The van der Waals surface area contributed by atoms with Gasteiger partial charge in [0.05, 0.1) is 10.8 Å². The fraction of sp³-hybridized carbons (Fsp3) is 0.188. The number of halogens is 3. The van der Waals surface area contributed by atoms with Gasteiger partial charge in [-0.05, 0) is 29.6 Å². The van der Waals surface area contributed by atoms with Crippen molar-refractivity contribution in [3.05, 3.63) is 51.4 Å². The molecule has 0 aliphatic carbocycles. The lowest BCUT2D eigenvalue weighted by molar-refractivity contribution is -0.113. The molecular formula is C16H13ClF2N4O2S2. The van der Waals surface area contributed by atoms with E-state index in [-0.39, 0.29) is 22.4 Å². The number of carbonyl (C=O) groups is 1. The Morgan fingerprint density at radius 2 is 2.26 bits per heavy atom. The molecule has 0 saturated heterocycles. The van der Waals surface area contributed by atoms with Crippen molar-refractivity contribution in [2.24, 2.45) is 0 Å². The van der Waals surface area contributed by atoms with Crippen molar-refractivity contribution in [3.8, 4) is 5.75 Å². The molecule has 2 N–H and O–H groups in total. The van der Waals surface area contributed by atoms with Gasteiger partial charge in [-0.3, -0.25) is 9.89 Å². The number of H-pyrrole nitrogens is 1. The van der Waals surface area contributed by atoms with Gasteiger partial charge in [0.2, 0.25) is 11.1 Å². The van der Waals surface area contributed by atoms with Crippen LogP contribution in [-0.4, -0.2) is 33.5 Å². The maximum absolute atomic E-state index is 12.2. The maximum atomic E-state index is 12.2. The largest absolute Gasteiger partial charge is 0.433 e. The third-order valence-electron chi connectivity index (χ3n) is 3.20. The number of nitrogens with zero attached hydrogens (tertiary/aromatic N) is 2. The highest BCUT2D eigenvalue weighted by Gasteiger charge is 2.12. The number of thiophene rings is 1. The molecule has 6 nitrogen and oxygen atoms in total. The zero-order valence-electron chi connectivity index (χ0n) is 13.6. The number of thioether (sulfide) groups is 1. The molecule has 3 rings (SSSR count). The van der Waals surface area contributed by atoms with E-state index >= 15 is 0 Å². The molecule has 2 heterocycles. The van der Waals surface area contributed by atoms with Crippen LogP contribution in [0.15, 0.2) is 40.9 Å². The molecule has 2 aromatic heterocycles. The summed E-state index contributed by atoms with van der Waals surface area (Å²) in [5.41, 5.74) is 0.376. The van der Waals surface area contributed by atoms with Gasteiger partial charge in [0.15, 0.2) is 0 Å². The van der Waals surface area contributed by atoms with Gasteiger partial charge in [0.25, 0.3) is 0 Å². The SMILES string of the molecule is O=C(CSc1n[nH]c(Cc2cccs2)n1)Nc1ccc(OC(F)F)c(Cl)c1. The molecule has 0 radical (unpaired) electrons. The summed E-state index contributed by atoms with van der Waals surface area (Å²) in [6.07, 6.45) is 0.656. The Morgan fingerprint density at radius 3 is 2.96 bits per heavy atom. The Morgan fingerprint density at radius 1 is 1.41 bits per heavy atom. The van der Waals surface area contributed by atoms with Gasteiger partial charge in [-0.15, -0.1) is 16.4 Å². The quantitative estimate of drug-likeness (QED) is 0.516. The van der Waals surface area contributed by atoms with Crippen LogP contribution in [0, 0.1) is 0 Å². The molecule has 0 bridgehead atoms. The monoisotopic (exact) mass is 430 g/mol. The molecule has 0 aliphatic rings. The molecule has 27 heavy (non-hydrogen) atoms. The Balaban J connectivity index is 1.50. The molecule has 1 amide bonds. The van der Waals surface area contributed by atoms with E-state index in [9.17, 15) is 13.6 Å². The van der Waals surface area contributed by atoms with Crippen molar-refractivity contribution in [1.29, 1.82) is 0 Å². The number of amides is 1. The smallest absolute Gasteiger partial charge is 0.387 e. The molecule has 0 fully saturated rings. The summed E-state index contributed by atoms with van der Waals surface area (Å²) in [5.74, 6) is 0.353. The summed E-state index contributed by atoms with van der Waals surface area (Å²) in [4.78, 5) is 17.5. The number of hydrogen-bond donors (Lipinski definition) is 2. The van der Waals surface area contributed by atoms with Crippen LogP contribution in [0.5, 0.6) is 5.75 Å². The Labute approximate surface area is 166 Å². The highest BCUT2D eigenvalue weighted by molar-refractivity contribution is 7.99. The van der Waals surface area contributed by atoms with Gasteiger partial charge in [-0.1, -0.05) is 29.4 Å². The molecule has 0 aliphatic heterocycles. The summed E-state index contributed by atoms with van der Waals surface area (Å²) in [6, 6.07) is 8.01. The molecule has 0 saturated carbocycles. The van der Waals surface area contributed by atoms with Crippen LogP contribution in [-0.2, 0) is 11.2 Å². The van der Waals surface area contributed by atoms with E-state index in [0.717, 1.165) is 10.7 Å². The number of carbonyl (C=O) groups excluding carboxylic acids is 1. The van der Waals surface area contributed by atoms with E-state index in [4.69, 9.17) is 11.6 Å². The number of aromatic nitrogens is 3. The van der Waals surface area contributed by atoms with E-state index in [1.165, 1.54) is 30.0 Å². The first-order chi connectivity index (χ1) is 13.0. The average molecular weight is 431 g/mol. The van der Waals surface area contributed by atoms with Crippen LogP contribution in [0.3, 0.4) is 0 Å². The van der Waals surface area contributed by atoms with Crippen LogP contribution < -0.4 is 10.1 Å². The molecule has 3 aromatic rings. The van der Waals surface area contributed by atoms with Crippen molar-refractivity contribution >= 4 is 46.3 Å². The number of aromatic amines is 1. The number of rotatable bonds is 8. The highest BCUT2D eigenvalue weighted by Crippen LogP contribution is 2.29. The zero-order valence-corrected chi connectivity index (χ0v) is 16.0. The second-order valence-electron chi connectivity index (χ2n) is 5.18. The summed E-state index contributed by atoms with van der Waals surface area (Å²) in [5, 5.41) is 12.0. The molecule has 1 aromatic carbocycles. The third kappa shape index (κ3) is 5.91. The normalized spacial score (nSPS) is 11.0. The zero-order chi connectivity index (χ0) is 19.2. The van der Waals surface area contributed by atoms with E-state index < -0.39 is 6.61 Å². The van der Waals surface area contributed by atoms with Crippen molar-refractivity contribution in [1.82, 2.24) is 15.2 Å². The van der Waals surface area contributed by atoms with Crippen molar-refractivity contribution in [2.75, 3.05) is 11.1 Å². The van der Waals surface area contributed by atoms with Crippen molar-refractivity contribution in [2.45, 2.75) is 18.2 Å². The van der Waals surface area contributed by atoms with Crippen LogP contribution in [0.1, 0.15) is 10.7 Å². The van der Waals surface area contributed by atoms with E-state index in [2.05, 4.69) is 25.2 Å². The number of alkyl halides is 2. The minimum Gasteiger partial charge on any atom is -0.433 e. The van der Waals surface area contributed by atoms with Crippen molar-refractivity contribution < 1.29 is 18.3 Å². The molecular weight excluding hydrogens is 418 g/mol. The first kappa shape index (κ1) is 19.6. The van der Waals surface area contributed by atoms with Gasteiger partial charge in [-0.25, -0.2) is 4.98 Å². The van der Waals surface area contributed by atoms with E-state index in [0.29, 0.717) is 17.3 Å². The summed E-state index contributed by atoms with van der Waals surface area (Å²) < 4.78 is 28.7. The lowest BCUT2D eigenvalue weighted by Gasteiger charge is -2.09. The minimum absolute atomic E-state index is 0.0204. The number of benzene rings is 1. The van der Waals surface area contributed by atoms with Gasteiger partial charge < -0.3 is 10.1 Å². The molecule has 142 valence electrons. The first-order valence-corrected chi connectivity index (χ1v) is 9.84. The fourth-order valence-electron chi connectivity index (χ4n) is 2.10. The Hall–Kier alpha value is -2.17. The Kier molecular flexibility index (Phi) is 6.64. The minimum atomic E-state index is -2.97. The summed E-state index contributed by atoms with van der Waals surface area (Å²) >= 11 is 8.66. The van der Waals surface area contributed by atoms with Crippen molar-refractivity contribution in [3.63, 3.8) is 0 Å². The molecule has 0 unspecified atom stereocenters. The topological polar surface area (TPSA) is 79.9 Å². The average Bonchev–Trinajstić information content (AvgIpc) is 3.28. The maximum Gasteiger partial charge on any atom is 0.387 e. The van der Waals surface area contributed by atoms with Crippen LogP contribution in [0.2, 0.25) is 5.02 Å². The van der Waals surface area contributed by atoms with Crippen LogP contribution >= 0.6 is 34.7 Å². The van der Waals surface area contributed by atoms with Crippen LogP contribution in [0.25, 0.3) is 0 Å². The molecule has 0 atom stereocenters. The lowest BCUT2D eigenvalue weighted by Crippen LogP contribution is -2.14. The van der Waals surface area contributed by atoms with E-state index in [1.54, 1.807) is 11.3 Å². The summed E-state index contributed by atoms with van der Waals surface area (Å²) in [6.45, 7) is -2.97. The second-order valence-corrected chi connectivity index (χ2v) is 7.56. The second kappa shape index (κ2) is 9.16. The fourth-order valence-corrected chi connectivity index (χ4v) is 3.65. The number of anilines is 1. The standard InChI is InChI=1S/C16H13ClF2N4O2S2/c17-11-6-9(3-4-12(11)25-15(18)19)20-14(24)8-27-16-21-13(22-23-16)7-10-2-1-5-26-10/h1-6,15H,7-8H2,(H,20,24)(H,21,22,23). The first-order valence-electron chi connectivity index (χ1n) is 7.60. The third-order valence-corrected chi connectivity index (χ3v) is 5.22. The predicted octanol–water partition coefficient (Wildman–Crippen LogP) is 4.44.